The second-order valence-corrected chi connectivity index (χ2v) is 2.54. The van der Waals surface area contributed by atoms with Gasteiger partial charge in [-0.3, -0.25) is 4.99 Å². The molecule has 0 bridgehead atoms. The van der Waals surface area contributed by atoms with Gasteiger partial charge >= 0.3 is 0 Å². The molecule has 1 aliphatic heterocycles. The highest BCUT2D eigenvalue weighted by molar-refractivity contribution is 6.05. The van der Waals surface area contributed by atoms with Crippen molar-refractivity contribution < 1.29 is 0 Å². The van der Waals surface area contributed by atoms with E-state index in [0.717, 1.165) is 19.3 Å². The summed E-state index contributed by atoms with van der Waals surface area (Å²) in [5, 5.41) is 0. The summed E-state index contributed by atoms with van der Waals surface area (Å²) in [6, 6.07) is 0. The third kappa shape index (κ3) is 1.00. The summed E-state index contributed by atoms with van der Waals surface area (Å²) in [4.78, 5) is 4.41. The zero-order chi connectivity index (χ0) is 7.56. The van der Waals surface area contributed by atoms with Gasteiger partial charge in [-0.15, -0.1) is 0 Å². The van der Waals surface area contributed by atoms with Gasteiger partial charge < -0.3 is 0 Å². The van der Waals surface area contributed by atoms with Crippen LogP contribution in [0, 0.1) is 0 Å². The highest BCUT2D eigenvalue weighted by atomic mass is 14.8. The van der Waals surface area contributed by atoms with Crippen molar-refractivity contribution in [3.8, 4) is 0 Å². The van der Waals surface area contributed by atoms with Crippen molar-refractivity contribution in [2.75, 3.05) is 0 Å². The van der Waals surface area contributed by atoms with Crippen LogP contribution in [-0.4, -0.2) is 5.71 Å². The van der Waals surface area contributed by atoms with Crippen LogP contribution < -0.4 is 0 Å². The molecule has 1 nitrogen and oxygen atoms in total. The molecule has 0 N–H and O–H groups in total. The quantitative estimate of drug-likeness (QED) is 0.567. The Morgan fingerprint density at radius 1 is 1.00 bits per heavy atom. The smallest absolute Gasteiger partial charge is 0.0454 e. The average molecular weight is 137 g/mol. The van der Waals surface area contributed by atoms with Crippen LogP contribution in [0.15, 0.2) is 16.3 Å². The lowest BCUT2D eigenvalue weighted by atomic mass is 9.96. The molecule has 1 rings (SSSR count). The fourth-order valence-electron chi connectivity index (χ4n) is 1.40. The van der Waals surface area contributed by atoms with Crippen LogP contribution in [0.2, 0.25) is 0 Å². The van der Waals surface area contributed by atoms with E-state index in [1.165, 1.54) is 17.0 Å². The van der Waals surface area contributed by atoms with E-state index in [1.54, 1.807) is 0 Å². The SMILES string of the molecule is CCC1=NC(CC)=C1CC. The summed E-state index contributed by atoms with van der Waals surface area (Å²) in [6.45, 7) is 6.54. The maximum Gasteiger partial charge on any atom is 0.0454 e. The van der Waals surface area contributed by atoms with E-state index in [1.807, 2.05) is 0 Å². The van der Waals surface area contributed by atoms with Crippen molar-refractivity contribution in [1.29, 1.82) is 0 Å². The molecule has 10 heavy (non-hydrogen) atoms. The highest BCUT2D eigenvalue weighted by Crippen LogP contribution is 2.26. The van der Waals surface area contributed by atoms with E-state index >= 15 is 0 Å². The Labute approximate surface area is 62.9 Å². The van der Waals surface area contributed by atoms with Gasteiger partial charge in [0.2, 0.25) is 0 Å². The lowest BCUT2D eigenvalue weighted by Crippen LogP contribution is -2.12. The molecular weight excluding hydrogens is 122 g/mol. The third-order valence-corrected chi connectivity index (χ3v) is 1.99. The van der Waals surface area contributed by atoms with E-state index in [2.05, 4.69) is 25.8 Å². The lowest BCUT2D eigenvalue weighted by Gasteiger charge is -2.20. The predicted octanol–water partition coefficient (Wildman–Crippen LogP) is 2.93. The molecule has 0 aromatic heterocycles. The average Bonchev–Trinajstić information content (AvgIpc) is 1.89. The minimum Gasteiger partial charge on any atom is -0.257 e. The maximum absolute atomic E-state index is 4.41. The van der Waals surface area contributed by atoms with E-state index < -0.39 is 0 Å². The van der Waals surface area contributed by atoms with Crippen molar-refractivity contribution >= 4 is 5.71 Å². The molecule has 0 aromatic rings. The molecule has 0 unspecified atom stereocenters. The van der Waals surface area contributed by atoms with E-state index in [-0.39, 0.29) is 0 Å². The lowest BCUT2D eigenvalue weighted by molar-refractivity contribution is 0.946. The minimum atomic E-state index is 1.10. The van der Waals surface area contributed by atoms with Crippen LogP contribution in [-0.2, 0) is 0 Å². The number of hydrogen-bond acceptors (Lipinski definition) is 1. The molecule has 1 heteroatoms. The van der Waals surface area contributed by atoms with E-state index in [9.17, 15) is 0 Å². The van der Waals surface area contributed by atoms with Crippen LogP contribution in [0.4, 0.5) is 0 Å². The summed E-state index contributed by atoms with van der Waals surface area (Å²) in [6.07, 6.45) is 3.37. The topological polar surface area (TPSA) is 12.4 Å². The maximum atomic E-state index is 4.41. The standard InChI is InChI=1S/C9H15N/c1-4-7-8(5-2)10-9(7)6-3/h4-6H2,1-3H3. The first kappa shape index (κ1) is 7.52. The van der Waals surface area contributed by atoms with Gasteiger partial charge in [-0.25, -0.2) is 0 Å². The van der Waals surface area contributed by atoms with Crippen LogP contribution in [0.1, 0.15) is 40.0 Å². The van der Waals surface area contributed by atoms with Gasteiger partial charge in [0.05, 0.1) is 0 Å². The number of rotatable bonds is 3. The molecule has 56 valence electrons. The Kier molecular flexibility index (Phi) is 2.25. The predicted molar refractivity (Wildman–Crippen MR) is 45.3 cm³/mol. The molecule has 0 saturated heterocycles. The molecule has 0 saturated carbocycles. The van der Waals surface area contributed by atoms with Crippen molar-refractivity contribution in [2.24, 2.45) is 4.99 Å². The van der Waals surface area contributed by atoms with Crippen LogP contribution in [0.3, 0.4) is 0 Å². The Bertz CT molecular complexity index is 187. The third-order valence-electron chi connectivity index (χ3n) is 1.99. The van der Waals surface area contributed by atoms with Crippen LogP contribution in [0.25, 0.3) is 0 Å². The van der Waals surface area contributed by atoms with Gasteiger partial charge in [-0.1, -0.05) is 20.8 Å². The first-order chi connectivity index (χ1) is 4.83. The molecule has 1 aliphatic rings. The van der Waals surface area contributed by atoms with E-state index in [4.69, 9.17) is 0 Å². The summed E-state index contributed by atoms with van der Waals surface area (Å²) in [5.41, 5.74) is 4.18. The van der Waals surface area contributed by atoms with Crippen molar-refractivity contribution in [1.82, 2.24) is 0 Å². The fourth-order valence-corrected chi connectivity index (χ4v) is 1.40. The van der Waals surface area contributed by atoms with Crippen molar-refractivity contribution in [3.05, 3.63) is 11.3 Å². The molecule has 0 radical (unpaired) electrons. The van der Waals surface area contributed by atoms with E-state index in [0.29, 0.717) is 0 Å². The first-order valence-corrected chi connectivity index (χ1v) is 4.13. The van der Waals surface area contributed by atoms with Gasteiger partial charge in [0.1, 0.15) is 0 Å². The fraction of sp³-hybridized carbons (Fsp3) is 0.667. The Morgan fingerprint density at radius 3 is 2.10 bits per heavy atom. The van der Waals surface area contributed by atoms with Crippen LogP contribution in [0.5, 0.6) is 0 Å². The largest absolute Gasteiger partial charge is 0.257 e. The van der Waals surface area contributed by atoms with Crippen molar-refractivity contribution in [3.63, 3.8) is 0 Å². The van der Waals surface area contributed by atoms with Gasteiger partial charge in [0.15, 0.2) is 0 Å². The first-order valence-electron chi connectivity index (χ1n) is 4.13. The van der Waals surface area contributed by atoms with Crippen LogP contribution >= 0.6 is 0 Å². The van der Waals surface area contributed by atoms with Gasteiger partial charge in [0, 0.05) is 11.4 Å². The van der Waals surface area contributed by atoms with Gasteiger partial charge in [-0.05, 0) is 24.8 Å². The molecule has 0 fully saturated rings. The monoisotopic (exact) mass is 137 g/mol. The van der Waals surface area contributed by atoms with Crippen molar-refractivity contribution in [2.45, 2.75) is 40.0 Å². The number of nitrogens with zero attached hydrogens (tertiary/aromatic N) is 1. The minimum absolute atomic E-state index is 1.10. The second-order valence-electron chi connectivity index (χ2n) is 2.54. The second kappa shape index (κ2) is 3.00. The molecule has 0 aliphatic carbocycles. The molecule has 0 spiro atoms. The summed E-state index contributed by atoms with van der Waals surface area (Å²) in [7, 11) is 0. The molecule has 0 amide bonds. The zero-order valence-electron chi connectivity index (χ0n) is 7.07. The Balaban J connectivity index is 2.60. The zero-order valence-corrected chi connectivity index (χ0v) is 7.07. The highest BCUT2D eigenvalue weighted by Gasteiger charge is 2.16. The Morgan fingerprint density at radius 2 is 1.70 bits per heavy atom. The number of allylic oxidation sites excluding steroid dienone is 2. The molecular formula is C9H15N. The summed E-state index contributed by atoms with van der Waals surface area (Å²) < 4.78 is 0. The summed E-state index contributed by atoms with van der Waals surface area (Å²) in [5.74, 6) is 0. The Hall–Kier alpha value is -0.590. The molecule has 0 aromatic carbocycles. The normalized spacial score (nSPS) is 16.9. The number of aliphatic imine (C=N–C) groups is 1. The van der Waals surface area contributed by atoms with Gasteiger partial charge in [-0.2, -0.15) is 0 Å². The summed E-state index contributed by atoms with van der Waals surface area (Å²) >= 11 is 0. The number of hydrogen-bond donors (Lipinski definition) is 0. The van der Waals surface area contributed by atoms with Gasteiger partial charge in [0.25, 0.3) is 0 Å². The molecule has 0 atom stereocenters. The molecule has 1 heterocycles.